The highest BCUT2D eigenvalue weighted by Crippen LogP contribution is 2.14. The SMILES string of the molecule is CCCCCCCCCCCCCCCCCC(=O)OCCOCCOCCOCCOC(=O)CCCCCCC. The molecule has 7 heteroatoms. The lowest BCUT2D eigenvalue weighted by Crippen LogP contribution is -2.15. The Kier molecular flexibility index (Phi) is 34.0. The molecule has 0 aromatic heterocycles. The number of hydrogen-bond donors (Lipinski definition) is 0. The second-order valence-corrected chi connectivity index (χ2v) is 11.1. The number of ether oxygens (including phenoxy) is 5. The molecular formula is C34H66O7. The Labute approximate surface area is 253 Å². The average Bonchev–Trinajstić information content (AvgIpc) is 2.97. The maximum absolute atomic E-state index is 11.8. The second kappa shape index (κ2) is 35.0. The molecular weight excluding hydrogens is 520 g/mol. The third kappa shape index (κ3) is 34.9. The molecule has 0 aromatic carbocycles. The van der Waals surface area contributed by atoms with Crippen molar-refractivity contribution in [1.29, 1.82) is 0 Å². The van der Waals surface area contributed by atoms with Gasteiger partial charge in [0.2, 0.25) is 0 Å². The average molecular weight is 587 g/mol. The summed E-state index contributed by atoms with van der Waals surface area (Å²) in [6.07, 6.45) is 26.4. The van der Waals surface area contributed by atoms with Crippen LogP contribution >= 0.6 is 0 Å². The van der Waals surface area contributed by atoms with Gasteiger partial charge in [0.1, 0.15) is 13.2 Å². The van der Waals surface area contributed by atoms with Crippen molar-refractivity contribution in [3.63, 3.8) is 0 Å². The Morgan fingerprint density at radius 1 is 0.341 bits per heavy atom. The molecule has 0 saturated heterocycles. The molecule has 7 nitrogen and oxygen atoms in total. The van der Waals surface area contributed by atoms with E-state index in [4.69, 9.17) is 23.7 Å². The van der Waals surface area contributed by atoms with Crippen LogP contribution < -0.4 is 0 Å². The van der Waals surface area contributed by atoms with Crippen LogP contribution in [0.1, 0.15) is 155 Å². The van der Waals surface area contributed by atoms with Gasteiger partial charge in [-0.2, -0.15) is 0 Å². The first-order chi connectivity index (χ1) is 20.2. The lowest BCUT2D eigenvalue weighted by molar-refractivity contribution is -0.146. The lowest BCUT2D eigenvalue weighted by Gasteiger charge is -2.08. The van der Waals surface area contributed by atoms with Crippen molar-refractivity contribution in [3.05, 3.63) is 0 Å². The Bertz CT molecular complexity index is 541. The molecule has 0 unspecified atom stereocenters. The van der Waals surface area contributed by atoms with Gasteiger partial charge in [-0.3, -0.25) is 9.59 Å². The molecule has 244 valence electrons. The predicted molar refractivity (Wildman–Crippen MR) is 167 cm³/mol. The molecule has 0 rings (SSSR count). The van der Waals surface area contributed by atoms with E-state index in [9.17, 15) is 9.59 Å². The van der Waals surface area contributed by atoms with Crippen LogP contribution in [-0.4, -0.2) is 64.8 Å². The molecule has 41 heavy (non-hydrogen) atoms. The van der Waals surface area contributed by atoms with E-state index in [1.165, 1.54) is 103 Å². The van der Waals surface area contributed by atoms with Crippen LogP contribution in [0.15, 0.2) is 0 Å². The summed E-state index contributed by atoms with van der Waals surface area (Å²) in [4.78, 5) is 23.4. The Morgan fingerprint density at radius 2 is 0.585 bits per heavy atom. The highest BCUT2D eigenvalue weighted by Gasteiger charge is 2.04. The molecule has 0 fully saturated rings. The molecule has 0 aliphatic rings. The van der Waals surface area contributed by atoms with Crippen molar-refractivity contribution in [2.45, 2.75) is 155 Å². The molecule has 0 aliphatic heterocycles. The summed E-state index contributed by atoms with van der Waals surface area (Å²) in [5, 5.41) is 0. The number of esters is 2. The molecule has 0 aliphatic carbocycles. The van der Waals surface area contributed by atoms with Crippen LogP contribution in [0.2, 0.25) is 0 Å². The minimum absolute atomic E-state index is 0.130. The van der Waals surface area contributed by atoms with Crippen molar-refractivity contribution in [2.24, 2.45) is 0 Å². The Balaban J connectivity index is 3.20. The van der Waals surface area contributed by atoms with Crippen molar-refractivity contribution in [3.8, 4) is 0 Å². The molecule has 0 amide bonds. The third-order valence-electron chi connectivity index (χ3n) is 7.19. The zero-order chi connectivity index (χ0) is 29.9. The summed E-state index contributed by atoms with van der Waals surface area (Å²) in [5.74, 6) is -0.274. The fraction of sp³-hybridized carbons (Fsp3) is 0.941. The minimum atomic E-state index is -0.144. The van der Waals surface area contributed by atoms with Gasteiger partial charge in [-0.15, -0.1) is 0 Å². The third-order valence-corrected chi connectivity index (χ3v) is 7.19. The van der Waals surface area contributed by atoms with Crippen LogP contribution in [0.25, 0.3) is 0 Å². The standard InChI is InChI=1S/C34H66O7/c1-3-5-7-9-10-11-12-13-14-15-16-17-18-20-22-24-34(36)41-32-30-39-28-26-37-25-27-38-29-31-40-33(35)23-21-19-8-6-4-2/h3-32H2,1-2H3. The van der Waals surface area contributed by atoms with Crippen molar-refractivity contribution in [2.75, 3.05) is 52.9 Å². The van der Waals surface area contributed by atoms with Crippen LogP contribution in [0, 0.1) is 0 Å². The fourth-order valence-corrected chi connectivity index (χ4v) is 4.63. The first-order valence-electron chi connectivity index (χ1n) is 17.2. The van der Waals surface area contributed by atoms with E-state index in [1.807, 2.05) is 0 Å². The van der Waals surface area contributed by atoms with Crippen molar-refractivity contribution in [1.82, 2.24) is 0 Å². The number of carbonyl (C=O) groups is 2. The van der Waals surface area contributed by atoms with Gasteiger partial charge in [-0.1, -0.05) is 129 Å². The number of hydrogen-bond acceptors (Lipinski definition) is 7. The molecule has 0 spiro atoms. The summed E-state index contributed by atoms with van der Waals surface area (Å²) < 4.78 is 26.7. The van der Waals surface area contributed by atoms with Gasteiger partial charge in [0.15, 0.2) is 0 Å². The van der Waals surface area contributed by atoms with Gasteiger partial charge in [-0.05, 0) is 12.8 Å². The lowest BCUT2D eigenvalue weighted by atomic mass is 10.0. The smallest absolute Gasteiger partial charge is 0.305 e. The maximum atomic E-state index is 11.8. The summed E-state index contributed by atoms with van der Waals surface area (Å²) in [6.45, 7) is 7.61. The molecule has 0 radical (unpaired) electrons. The van der Waals surface area contributed by atoms with Gasteiger partial charge in [0.05, 0.1) is 39.6 Å². The minimum Gasteiger partial charge on any atom is -0.463 e. The van der Waals surface area contributed by atoms with Gasteiger partial charge in [0.25, 0.3) is 0 Å². The highest BCUT2D eigenvalue weighted by molar-refractivity contribution is 5.69. The first-order valence-corrected chi connectivity index (χ1v) is 17.2. The highest BCUT2D eigenvalue weighted by atomic mass is 16.6. The van der Waals surface area contributed by atoms with E-state index in [0.29, 0.717) is 52.5 Å². The quantitative estimate of drug-likeness (QED) is 0.0551. The molecule has 0 saturated carbocycles. The normalized spacial score (nSPS) is 11.2. The van der Waals surface area contributed by atoms with E-state index in [2.05, 4.69) is 13.8 Å². The van der Waals surface area contributed by atoms with Gasteiger partial charge in [-0.25, -0.2) is 0 Å². The van der Waals surface area contributed by atoms with Crippen LogP contribution in [0.3, 0.4) is 0 Å². The maximum Gasteiger partial charge on any atom is 0.305 e. The molecule has 0 bridgehead atoms. The first kappa shape index (κ1) is 39.8. The zero-order valence-corrected chi connectivity index (χ0v) is 27.1. The van der Waals surface area contributed by atoms with Gasteiger partial charge >= 0.3 is 11.9 Å². The Morgan fingerprint density at radius 3 is 0.878 bits per heavy atom. The number of carbonyl (C=O) groups excluding carboxylic acids is 2. The summed E-state index contributed by atoms with van der Waals surface area (Å²) in [5.41, 5.74) is 0. The van der Waals surface area contributed by atoms with Crippen LogP contribution in [0.5, 0.6) is 0 Å². The molecule has 0 N–H and O–H groups in total. The van der Waals surface area contributed by atoms with Crippen molar-refractivity contribution >= 4 is 11.9 Å². The van der Waals surface area contributed by atoms with E-state index in [1.54, 1.807) is 0 Å². The number of rotatable bonds is 34. The van der Waals surface area contributed by atoms with Gasteiger partial charge < -0.3 is 23.7 Å². The van der Waals surface area contributed by atoms with Crippen LogP contribution in [0.4, 0.5) is 0 Å². The molecule has 0 heterocycles. The van der Waals surface area contributed by atoms with Gasteiger partial charge in [0, 0.05) is 12.8 Å². The van der Waals surface area contributed by atoms with E-state index < -0.39 is 0 Å². The Hall–Kier alpha value is -1.18. The zero-order valence-electron chi connectivity index (χ0n) is 27.1. The topological polar surface area (TPSA) is 80.3 Å². The van der Waals surface area contributed by atoms with E-state index in [0.717, 1.165) is 25.7 Å². The largest absolute Gasteiger partial charge is 0.463 e. The molecule has 0 atom stereocenters. The monoisotopic (exact) mass is 586 g/mol. The second-order valence-electron chi connectivity index (χ2n) is 11.1. The van der Waals surface area contributed by atoms with E-state index in [-0.39, 0.29) is 25.2 Å². The fourth-order valence-electron chi connectivity index (χ4n) is 4.63. The predicted octanol–water partition coefficient (Wildman–Crippen LogP) is 8.74. The summed E-state index contributed by atoms with van der Waals surface area (Å²) in [7, 11) is 0. The summed E-state index contributed by atoms with van der Waals surface area (Å²) in [6, 6.07) is 0. The van der Waals surface area contributed by atoms with Crippen LogP contribution in [-0.2, 0) is 33.3 Å². The molecule has 0 aromatic rings. The van der Waals surface area contributed by atoms with E-state index >= 15 is 0 Å². The summed E-state index contributed by atoms with van der Waals surface area (Å²) >= 11 is 0. The number of unbranched alkanes of at least 4 members (excludes halogenated alkanes) is 18. The van der Waals surface area contributed by atoms with Crippen molar-refractivity contribution < 1.29 is 33.3 Å².